The first kappa shape index (κ1) is 15.8. The Morgan fingerprint density at radius 3 is 2.71 bits per heavy atom. The van der Waals surface area contributed by atoms with Gasteiger partial charge in [0.05, 0.1) is 23.7 Å². The number of unbranched alkanes of at least 4 members (excludes halogenated alkanes) is 1. The number of rotatable bonds is 8. The number of hydrogen-bond donors (Lipinski definition) is 1. The molecule has 2 aromatic rings. The maximum atomic E-state index is 6.23. The monoisotopic (exact) mass is 289 g/mol. The number of aryl methyl sites for hydroxylation is 1. The van der Waals surface area contributed by atoms with Gasteiger partial charge < -0.3 is 15.0 Å². The number of imidazole rings is 1. The van der Waals surface area contributed by atoms with Crippen LogP contribution in [-0.2, 0) is 6.54 Å². The molecule has 0 spiro atoms. The fourth-order valence-electron chi connectivity index (χ4n) is 2.45. The van der Waals surface area contributed by atoms with Crippen LogP contribution in [0, 0.1) is 0 Å². The molecule has 1 unspecified atom stereocenters. The summed E-state index contributed by atoms with van der Waals surface area (Å²) in [5.41, 5.74) is 8.38. The van der Waals surface area contributed by atoms with Crippen LogP contribution in [0.5, 0.6) is 5.75 Å². The van der Waals surface area contributed by atoms with Crippen molar-refractivity contribution in [2.45, 2.75) is 59.0 Å². The molecule has 4 nitrogen and oxygen atoms in total. The highest BCUT2D eigenvalue weighted by molar-refractivity contribution is 5.78. The molecule has 0 amide bonds. The first-order chi connectivity index (χ1) is 10.2. The number of hydrogen-bond acceptors (Lipinski definition) is 3. The van der Waals surface area contributed by atoms with E-state index in [2.05, 4.69) is 31.4 Å². The smallest absolute Gasteiger partial charge is 0.126 e. The number of benzene rings is 1. The van der Waals surface area contributed by atoms with Crippen LogP contribution in [0.3, 0.4) is 0 Å². The molecule has 2 rings (SSSR count). The van der Waals surface area contributed by atoms with Gasteiger partial charge in [-0.15, -0.1) is 0 Å². The molecule has 0 fully saturated rings. The molecule has 0 aliphatic heterocycles. The van der Waals surface area contributed by atoms with Gasteiger partial charge in [0, 0.05) is 12.6 Å². The van der Waals surface area contributed by atoms with Crippen molar-refractivity contribution >= 4 is 11.0 Å². The molecule has 4 heteroatoms. The summed E-state index contributed by atoms with van der Waals surface area (Å²) in [7, 11) is 0. The molecule has 0 bridgehead atoms. The van der Waals surface area contributed by atoms with E-state index in [1.54, 1.807) is 0 Å². The fraction of sp³-hybridized carbons (Fsp3) is 0.588. The molecular weight excluding hydrogens is 262 g/mol. The molecule has 0 aliphatic carbocycles. The summed E-state index contributed by atoms with van der Waals surface area (Å²) >= 11 is 0. The molecule has 21 heavy (non-hydrogen) atoms. The summed E-state index contributed by atoms with van der Waals surface area (Å²) in [6, 6.07) is 6.16. The minimum absolute atomic E-state index is 0.00531. The van der Waals surface area contributed by atoms with Crippen LogP contribution in [0.25, 0.3) is 11.0 Å². The van der Waals surface area contributed by atoms with Gasteiger partial charge >= 0.3 is 0 Å². The normalized spacial score (nSPS) is 12.8. The number of aromatic nitrogens is 2. The predicted molar refractivity (Wildman–Crippen MR) is 87.6 cm³/mol. The molecule has 1 heterocycles. The molecule has 1 atom stereocenters. The number of nitrogens with two attached hydrogens (primary N) is 1. The average molecular weight is 289 g/mol. The van der Waals surface area contributed by atoms with Crippen molar-refractivity contribution in [1.29, 1.82) is 0 Å². The van der Waals surface area contributed by atoms with E-state index in [1.165, 1.54) is 0 Å². The number of ether oxygens (including phenoxy) is 1. The Hall–Kier alpha value is -1.55. The maximum Gasteiger partial charge on any atom is 0.126 e. The lowest BCUT2D eigenvalue weighted by atomic mass is 10.2. The lowest BCUT2D eigenvalue weighted by molar-refractivity contribution is 0.318. The second-order valence-corrected chi connectivity index (χ2v) is 5.49. The Balaban J connectivity index is 2.40. The third-order valence-electron chi connectivity index (χ3n) is 3.73. The van der Waals surface area contributed by atoms with Gasteiger partial charge in [-0.05, 0) is 31.4 Å². The quantitative estimate of drug-likeness (QED) is 0.798. The zero-order valence-electron chi connectivity index (χ0n) is 13.4. The largest absolute Gasteiger partial charge is 0.494 e. The van der Waals surface area contributed by atoms with Crippen LogP contribution in [0.2, 0.25) is 0 Å². The summed E-state index contributed by atoms with van der Waals surface area (Å²) in [5, 5.41) is 0. The van der Waals surface area contributed by atoms with Crippen LogP contribution in [0.1, 0.15) is 58.3 Å². The molecule has 2 N–H and O–H groups in total. The summed E-state index contributed by atoms with van der Waals surface area (Å²) in [6.07, 6.45) is 4.21. The van der Waals surface area contributed by atoms with Gasteiger partial charge in [-0.25, -0.2) is 4.98 Å². The lowest BCUT2D eigenvalue weighted by Gasteiger charge is -2.12. The summed E-state index contributed by atoms with van der Waals surface area (Å²) in [4.78, 5) is 4.76. The maximum absolute atomic E-state index is 6.23. The van der Waals surface area contributed by atoms with E-state index in [4.69, 9.17) is 15.5 Å². The van der Waals surface area contributed by atoms with Crippen molar-refractivity contribution in [3.8, 4) is 5.75 Å². The van der Waals surface area contributed by atoms with Crippen molar-refractivity contribution < 1.29 is 4.74 Å². The van der Waals surface area contributed by atoms with Crippen LogP contribution in [0.15, 0.2) is 18.2 Å². The minimum Gasteiger partial charge on any atom is -0.494 e. The van der Waals surface area contributed by atoms with Gasteiger partial charge in [-0.1, -0.05) is 27.2 Å². The Morgan fingerprint density at radius 1 is 1.24 bits per heavy atom. The SMILES string of the molecule is CCCCn1c(C(N)CC)nc2cc(OCCC)ccc21. The van der Waals surface area contributed by atoms with Crippen LogP contribution in [0.4, 0.5) is 0 Å². The van der Waals surface area contributed by atoms with Crippen molar-refractivity contribution in [2.75, 3.05) is 6.61 Å². The molecule has 1 aromatic carbocycles. The van der Waals surface area contributed by atoms with Crippen LogP contribution < -0.4 is 10.5 Å². The fourth-order valence-corrected chi connectivity index (χ4v) is 2.45. The minimum atomic E-state index is -0.00531. The van der Waals surface area contributed by atoms with E-state index in [0.29, 0.717) is 0 Å². The second kappa shape index (κ2) is 7.46. The number of fused-ring (bicyclic) bond motifs is 1. The van der Waals surface area contributed by atoms with E-state index < -0.39 is 0 Å². The third kappa shape index (κ3) is 3.56. The van der Waals surface area contributed by atoms with E-state index in [1.807, 2.05) is 12.1 Å². The average Bonchev–Trinajstić information content (AvgIpc) is 2.87. The molecule has 1 aromatic heterocycles. The van der Waals surface area contributed by atoms with Crippen LogP contribution >= 0.6 is 0 Å². The topological polar surface area (TPSA) is 53.1 Å². The zero-order chi connectivity index (χ0) is 15.2. The van der Waals surface area contributed by atoms with Crippen molar-refractivity contribution in [1.82, 2.24) is 9.55 Å². The molecular formula is C17H27N3O. The van der Waals surface area contributed by atoms with Gasteiger partial charge in [0.25, 0.3) is 0 Å². The van der Waals surface area contributed by atoms with E-state index >= 15 is 0 Å². The molecule has 116 valence electrons. The van der Waals surface area contributed by atoms with Gasteiger partial charge in [0.15, 0.2) is 0 Å². The summed E-state index contributed by atoms with van der Waals surface area (Å²) < 4.78 is 7.97. The predicted octanol–water partition coefficient (Wildman–Crippen LogP) is 4.04. The molecule has 0 saturated carbocycles. The van der Waals surface area contributed by atoms with E-state index in [-0.39, 0.29) is 6.04 Å². The Kier molecular flexibility index (Phi) is 5.62. The summed E-state index contributed by atoms with van der Waals surface area (Å²) in [5.74, 6) is 1.88. The van der Waals surface area contributed by atoms with Gasteiger partial charge in [0.1, 0.15) is 11.6 Å². The highest BCUT2D eigenvalue weighted by Crippen LogP contribution is 2.25. The molecule has 0 aliphatic rings. The Morgan fingerprint density at radius 2 is 2.05 bits per heavy atom. The Bertz CT molecular complexity index is 577. The highest BCUT2D eigenvalue weighted by atomic mass is 16.5. The Labute approximate surface area is 127 Å². The number of nitrogens with zero attached hydrogens (tertiary/aromatic N) is 2. The molecule has 0 radical (unpaired) electrons. The first-order valence-electron chi connectivity index (χ1n) is 8.09. The van der Waals surface area contributed by atoms with Gasteiger partial charge in [-0.2, -0.15) is 0 Å². The second-order valence-electron chi connectivity index (χ2n) is 5.49. The van der Waals surface area contributed by atoms with E-state index in [9.17, 15) is 0 Å². The first-order valence-corrected chi connectivity index (χ1v) is 8.09. The zero-order valence-corrected chi connectivity index (χ0v) is 13.4. The van der Waals surface area contributed by atoms with Gasteiger partial charge in [-0.3, -0.25) is 0 Å². The standard InChI is InChI=1S/C17H27N3O/c1-4-7-10-20-16-9-8-13(21-11-5-2)12-15(16)19-17(20)14(18)6-3/h8-9,12,14H,4-7,10-11,18H2,1-3H3. The van der Waals surface area contributed by atoms with Gasteiger partial charge in [0.2, 0.25) is 0 Å². The highest BCUT2D eigenvalue weighted by Gasteiger charge is 2.16. The van der Waals surface area contributed by atoms with Crippen molar-refractivity contribution in [3.05, 3.63) is 24.0 Å². The van der Waals surface area contributed by atoms with Crippen LogP contribution in [-0.4, -0.2) is 16.2 Å². The van der Waals surface area contributed by atoms with E-state index in [0.717, 1.165) is 61.4 Å². The van der Waals surface area contributed by atoms with Crippen molar-refractivity contribution in [2.24, 2.45) is 5.73 Å². The summed E-state index contributed by atoms with van der Waals surface area (Å²) in [6.45, 7) is 8.13. The molecule has 0 saturated heterocycles. The lowest BCUT2D eigenvalue weighted by Crippen LogP contribution is -2.16. The third-order valence-corrected chi connectivity index (χ3v) is 3.73. The van der Waals surface area contributed by atoms with Crippen molar-refractivity contribution in [3.63, 3.8) is 0 Å².